The molecule has 0 fully saturated rings. The molecule has 3 heteroatoms. The number of fused-ring (bicyclic) bond motifs is 1. The van der Waals surface area contributed by atoms with Crippen molar-refractivity contribution in [2.24, 2.45) is 0 Å². The third-order valence-electron chi connectivity index (χ3n) is 3.82. The second kappa shape index (κ2) is 5.43. The molecular formula is C16H17BrN2. The number of nitrogens with zero attached hydrogens (tertiary/aromatic N) is 1. The van der Waals surface area contributed by atoms with E-state index in [1.807, 2.05) is 18.5 Å². The van der Waals surface area contributed by atoms with Gasteiger partial charge < -0.3 is 5.32 Å². The van der Waals surface area contributed by atoms with E-state index in [-0.39, 0.29) is 0 Å². The van der Waals surface area contributed by atoms with Crippen LogP contribution in [0.3, 0.4) is 0 Å². The minimum atomic E-state index is 0.327. The normalized spacial score (nSPS) is 19.2. The van der Waals surface area contributed by atoms with E-state index in [2.05, 4.69) is 57.4 Å². The first kappa shape index (κ1) is 12.8. The monoisotopic (exact) mass is 316 g/mol. The van der Waals surface area contributed by atoms with Crippen LogP contribution in [0.25, 0.3) is 0 Å². The fourth-order valence-electron chi connectivity index (χ4n) is 2.79. The molecule has 2 atom stereocenters. The summed E-state index contributed by atoms with van der Waals surface area (Å²) >= 11 is 3.54. The van der Waals surface area contributed by atoms with Crippen LogP contribution in [-0.4, -0.2) is 4.98 Å². The molecule has 19 heavy (non-hydrogen) atoms. The minimum absolute atomic E-state index is 0.327. The van der Waals surface area contributed by atoms with Crippen molar-refractivity contribution in [3.63, 3.8) is 0 Å². The third-order valence-corrected chi connectivity index (χ3v) is 4.31. The average molecular weight is 317 g/mol. The predicted molar refractivity (Wildman–Crippen MR) is 81.0 cm³/mol. The maximum absolute atomic E-state index is 4.19. The Bertz CT molecular complexity index is 568. The van der Waals surface area contributed by atoms with Gasteiger partial charge in [-0.25, -0.2) is 0 Å². The van der Waals surface area contributed by atoms with Crippen LogP contribution in [0.15, 0.2) is 47.2 Å². The molecule has 1 aliphatic carbocycles. The van der Waals surface area contributed by atoms with Crippen LogP contribution in [0.2, 0.25) is 0 Å². The number of hydrogen-bond donors (Lipinski definition) is 1. The predicted octanol–water partition coefficient (Wildman–Crippen LogP) is 4.18. The first-order chi connectivity index (χ1) is 9.24. The van der Waals surface area contributed by atoms with Gasteiger partial charge in [-0.2, -0.15) is 0 Å². The van der Waals surface area contributed by atoms with Crippen molar-refractivity contribution in [1.82, 2.24) is 10.3 Å². The Hall–Kier alpha value is -1.19. The highest BCUT2D eigenvalue weighted by molar-refractivity contribution is 9.10. The van der Waals surface area contributed by atoms with Gasteiger partial charge in [0.15, 0.2) is 0 Å². The first-order valence-electron chi connectivity index (χ1n) is 6.68. The molecule has 0 saturated carbocycles. The Morgan fingerprint density at radius 2 is 2.26 bits per heavy atom. The maximum Gasteiger partial charge on any atom is 0.0331 e. The number of benzene rings is 1. The van der Waals surface area contributed by atoms with Crippen LogP contribution in [0.4, 0.5) is 0 Å². The summed E-state index contributed by atoms with van der Waals surface area (Å²) < 4.78 is 1.17. The zero-order valence-corrected chi connectivity index (χ0v) is 12.5. The molecule has 1 aromatic carbocycles. The van der Waals surface area contributed by atoms with Gasteiger partial charge in [0.25, 0.3) is 0 Å². The molecule has 0 radical (unpaired) electrons. The second-order valence-corrected chi connectivity index (χ2v) is 6.02. The molecule has 98 valence electrons. The summed E-state index contributed by atoms with van der Waals surface area (Å²) in [5.41, 5.74) is 4.15. The van der Waals surface area contributed by atoms with Gasteiger partial charge in [0.05, 0.1) is 0 Å². The molecule has 1 heterocycles. The molecule has 2 aromatic rings. The van der Waals surface area contributed by atoms with Crippen molar-refractivity contribution in [3.05, 3.63) is 63.9 Å². The zero-order chi connectivity index (χ0) is 13.2. The molecule has 0 bridgehead atoms. The van der Waals surface area contributed by atoms with Crippen molar-refractivity contribution >= 4 is 15.9 Å². The summed E-state index contributed by atoms with van der Waals surface area (Å²) in [5, 5.41) is 3.72. The Kier molecular flexibility index (Phi) is 3.67. The topological polar surface area (TPSA) is 24.9 Å². The van der Waals surface area contributed by atoms with Gasteiger partial charge in [-0.15, -0.1) is 0 Å². The van der Waals surface area contributed by atoms with E-state index in [1.54, 1.807) is 0 Å². The van der Waals surface area contributed by atoms with Gasteiger partial charge in [0.1, 0.15) is 0 Å². The largest absolute Gasteiger partial charge is 0.303 e. The first-order valence-corrected chi connectivity index (χ1v) is 7.47. The maximum atomic E-state index is 4.19. The van der Waals surface area contributed by atoms with Gasteiger partial charge in [-0.05, 0) is 54.7 Å². The Morgan fingerprint density at radius 3 is 3.05 bits per heavy atom. The highest BCUT2D eigenvalue weighted by Crippen LogP contribution is 2.34. The van der Waals surface area contributed by atoms with Gasteiger partial charge in [0.2, 0.25) is 0 Å². The summed E-state index contributed by atoms with van der Waals surface area (Å²) in [6.45, 7) is 2.20. The second-order valence-electron chi connectivity index (χ2n) is 5.11. The Labute approximate surface area is 122 Å². The highest BCUT2D eigenvalue weighted by Gasteiger charge is 2.23. The molecule has 1 aromatic heterocycles. The molecule has 1 N–H and O–H groups in total. The number of rotatable bonds is 3. The molecule has 2 nitrogen and oxygen atoms in total. The zero-order valence-electron chi connectivity index (χ0n) is 10.9. The van der Waals surface area contributed by atoms with Crippen molar-refractivity contribution in [3.8, 4) is 0 Å². The van der Waals surface area contributed by atoms with E-state index in [0.29, 0.717) is 12.1 Å². The van der Waals surface area contributed by atoms with Crippen LogP contribution in [0.5, 0.6) is 0 Å². The van der Waals surface area contributed by atoms with E-state index in [9.17, 15) is 0 Å². The van der Waals surface area contributed by atoms with E-state index in [4.69, 9.17) is 0 Å². The molecule has 3 rings (SSSR count). The fraction of sp³-hybridized carbons (Fsp3) is 0.312. The van der Waals surface area contributed by atoms with E-state index in [0.717, 1.165) is 6.42 Å². The van der Waals surface area contributed by atoms with E-state index in [1.165, 1.54) is 27.6 Å². The van der Waals surface area contributed by atoms with Gasteiger partial charge in [0, 0.05) is 29.0 Å². The third kappa shape index (κ3) is 2.72. The van der Waals surface area contributed by atoms with Gasteiger partial charge >= 0.3 is 0 Å². The lowest BCUT2D eigenvalue weighted by Gasteiger charge is -2.20. The fourth-order valence-corrected chi connectivity index (χ4v) is 3.20. The Morgan fingerprint density at radius 1 is 1.37 bits per heavy atom. The molecule has 2 unspecified atom stereocenters. The smallest absolute Gasteiger partial charge is 0.0331 e. The van der Waals surface area contributed by atoms with Crippen molar-refractivity contribution in [2.45, 2.75) is 31.8 Å². The van der Waals surface area contributed by atoms with Gasteiger partial charge in [-0.3, -0.25) is 4.98 Å². The molecule has 0 amide bonds. The van der Waals surface area contributed by atoms with Crippen LogP contribution < -0.4 is 5.32 Å². The number of nitrogens with one attached hydrogen (secondary N) is 1. The van der Waals surface area contributed by atoms with Crippen LogP contribution in [-0.2, 0) is 6.42 Å². The summed E-state index contributed by atoms with van der Waals surface area (Å²) in [7, 11) is 0. The van der Waals surface area contributed by atoms with Crippen LogP contribution in [0.1, 0.15) is 42.1 Å². The number of aryl methyl sites for hydroxylation is 1. The summed E-state index contributed by atoms with van der Waals surface area (Å²) in [6.07, 6.45) is 6.09. The molecular weight excluding hydrogens is 300 g/mol. The SMILES string of the molecule is CC(NC1CCc2cc(Br)ccc21)c1cccnc1. The lowest BCUT2D eigenvalue weighted by molar-refractivity contribution is 0.464. The van der Waals surface area contributed by atoms with Crippen molar-refractivity contribution in [2.75, 3.05) is 0 Å². The van der Waals surface area contributed by atoms with Gasteiger partial charge in [-0.1, -0.05) is 28.1 Å². The lowest BCUT2D eigenvalue weighted by atomic mass is 10.1. The number of pyridine rings is 1. The average Bonchev–Trinajstić information content (AvgIpc) is 2.82. The minimum Gasteiger partial charge on any atom is -0.303 e. The van der Waals surface area contributed by atoms with Crippen molar-refractivity contribution < 1.29 is 0 Å². The number of halogens is 1. The number of aromatic nitrogens is 1. The van der Waals surface area contributed by atoms with Crippen LogP contribution >= 0.6 is 15.9 Å². The lowest BCUT2D eigenvalue weighted by Crippen LogP contribution is -2.23. The number of hydrogen-bond acceptors (Lipinski definition) is 2. The highest BCUT2D eigenvalue weighted by atomic mass is 79.9. The Balaban J connectivity index is 1.76. The van der Waals surface area contributed by atoms with E-state index < -0.39 is 0 Å². The molecule has 0 spiro atoms. The molecule has 1 aliphatic rings. The van der Waals surface area contributed by atoms with E-state index >= 15 is 0 Å². The summed E-state index contributed by atoms with van der Waals surface area (Å²) in [6, 6.07) is 11.5. The van der Waals surface area contributed by atoms with Crippen molar-refractivity contribution in [1.29, 1.82) is 0 Å². The molecule has 0 aliphatic heterocycles. The summed E-state index contributed by atoms with van der Waals surface area (Å²) in [4.78, 5) is 4.19. The van der Waals surface area contributed by atoms with Crippen LogP contribution in [0, 0.1) is 0 Å². The standard InChI is InChI=1S/C16H17BrN2/c1-11(13-3-2-8-18-10-13)19-16-7-4-12-9-14(17)5-6-15(12)16/h2-3,5-6,8-11,16,19H,4,7H2,1H3. The quantitative estimate of drug-likeness (QED) is 0.918. The molecule has 0 saturated heterocycles. The summed E-state index contributed by atoms with van der Waals surface area (Å²) in [5.74, 6) is 0.